The molecule has 1 heterocycles. The number of hydrogen-bond acceptors (Lipinski definition) is 3. The van der Waals surface area contributed by atoms with E-state index in [4.69, 9.17) is 9.47 Å². The summed E-state index contributed by atoms with van der Waals surface area (Å²) in [5.74, 6) is -0.0899. The van der Waals surface area contributed by atoms with Gasteiger partial charge < -0.3 is 14.8 Å². The number of amides is 1. The molecule has 1 N–H and O–H groups in total. The van der Waals surface area contributed by atoms with Crippen LogP contribution in [0.25, 0.3) is 0 Å². The van der Waals surface area contributed by atoms with Crippen LogP contribution in [0, 0.1) is 5.41 Å². The Morgan fingerprint density at radius 2 is 2.19 bits per heavy atom. The van der Waals surface area contributed by atoms with Crippen LogP contribution < -0.4 is 5.32 Å². The molecule has 0 aliphatic carbocycles. The van der Waals surface area contributed by atoms with Crippen molar-refractivity contribution in [3.8, 4) is 0 Å². The number of carbonyl (C=O) groups excluding carboxylic acids is 1. The van der Waals surface area contributed by atoms with Gasteiger partial charge >= 0.3 is 0 Å². The van der Waals surface area contributed by atoms with Gasteiger partial charge in [0.2, 0.25) is 5.91 Å². The average Bonchev–Trinajstić information content (AvgIpc) is 2.18. The van der Waals surface area contributed by atoms with Crippen molar-refractivity contribution in [2.75, 3.05) is 7.11 Å². The first-order valence-corrected chi connectivity index (χ1v) is 5.82. The molecule has 0 aromatic rings. The van der Waals surface area contributed by atoms with Crippen LogP contribution in [0.3, 0.4) is 0 Å². The molecule has 1 rings (SSSR count). The monoisotopic (exact) mass is 229 g/mol. The standard InChI is InChI=1S/C12H23NO3/c1-8-12(3,4)7-6-10(16-8)11(15-5)13-9(2)14/h8,10-11H,6-7H2,1-5H3,(H,13,14)/t8-,10+,11-/m1/s1. The second kappa shape index (κ2) is 5.15. The minimum atomic E-state index is -0.337. The van der Waals surface area contributed by atoms with Gasteiger partial charge in [0.1, 0.15) is 6.10 Å². The van der Waals surface area contributed by atoms with E-state index in [1.54, 1.807) is 7.11 Å². The van der Waals surface area contributed by atoms with Crippen LogP contribution in [-0.4, -0.2) is 31.5 Å². The molecule has 16 heavy (non-hydrogen) atoms. The fourth-order valence-corrected chi connectivity index (χ4v) is 1.96. The fraction of sp³-hybridized carbons (Fsp3) is 0.917. The summed E-state index contributed by atoms with van der Waals surface area (Å²) in [7, 11) is 1.59. The summed E-state index contributed by atoms with van der Waals surface area (Å²) in [5, 5.41) is 2.76. The molecule has 0 saturated carbocycles. The lowest BCUT2D eigenvalue weighted by Crippen LogP contribution is -2.50. The van der Waals surface area contributed by atoms with Gasteiger partial charge in [-0.25, -0.2) is 0 Å². The number of hydrogen-bond donors (Lipinski definition) is 1. The van der Waals surface area contributed by atoms with E-state index < -0.39 is 0 Å². The van der Waals surface area contributed by atoms with E-state index in [1.165, 1.54) is 6.92 Å². The van der Waals surface area contributed by atoms with Gasteiger partial charge in [-0.15, -0.1) is 0 Å². The normalized spacial score (nSPS) is 30.8. The summed E-state index contributed by atoms with van der Waals surface area (Å²) >= 11 is 0. The van der Waals surface area contributed by atoms with Crippen molar-refractivity contribution in [2.24, 2.45) is 5.41 Å². The van der Waals surface area contributed by atoms with Crippen LogP contribution in [-0.2, 0) is 14.3 Å². The molecule has 3 atom stereocenters. The largest absolute Gasteiger partial charge is 0.370 e. The maximum atomic E-state index is 11.0. The highest BCUT2D eigenvalue weighted by molar-refractivity contribution is 5.73. The number of ether oxygens (including phenoxy) is 2. The molecule has 1 aliphatic heterocycles. The minimum Gasteiger partial charge on any atom is -0.370 e. The molecule has 0 radical (unpaired) electrons. The lowest BCUT2D eigenvalue weighted by molar-refractivity contribution is -0.164. The quantitative estimate of drug-likeness (QED) is 0.749. The van der Waals surface area contributed by atoms with Crippen molar-refractivity contribution in [3.63, 3.8) is 0 Å². The van der Waals surface area contributed by atoms with Gasteiger partial charge in [-0.05, 0) is 25.2 Å². The fourth-order valence-electron chi connectivity index (χ4n) is 1.96. The minimum absolute atomic E-state index is 0.0445. The lowest BCUT2D eigenvalue weighted by atomic mass is 9.79. The van der Waals surface area contributed by atoms with Crippen LogP contribution in [0.2, 0.25) is 0 Å². The Labute approximate surface area is 97.7 Å². The van der Waals surface area contributed by atoms with Crippen LogP contribution in [0.5, 0.6) is 0 Å². The highest BCUT2D eigenvalue weighted by Crippen LogP contribution is 2.36. The first-order chi connectivity index (χ1) is 7.36. The molecule has 4 heteroatoms. The summed E-state index contributed by atoms with van der Waals surface area (Å²) < 4.78 is 11.2. The molecule has 0 spiro atoms. The predicted molar refractivity (Wildman–Crippen MR) is 62.0 cm³/mol. The van der Waals surface area contributed by atoms with Gasteiger partial charge in [-0.3, -0.25) is 4.79 Å². The van der Waals surface area contributed by atoms with Gasteiger partial charge in [0.05, 0.1) is 6.10 Å². The maximum absolute atomic E-state index is 11.0. The first-order valence-electron chi connectivity index (χ1n) is 5.82. The zero-order chi connectivity index (χ0) is 12.3. The van der Waals surface area contributed by atoms with Crippen molar-refractivity contribution >= 4 is 5.91 Å². The topological polar surface area (TPSA) is 47.6 Å². The zero-order valence-corrected chi connectivity index (χ0v) is 10.9. The van der Waals surface area contributed by atoms with Gasteiger partial charge in [0, 0.05) is 14.0 Å². The van der Waals surface area contributed by atoms with Gasteiger partial charge in [0.25, 0.3) is 0 Å². The first kappa shape index (κ1) is 13.5. The van der Waals surface area contributed by atoms with Crippen molar-refractivity contribution in [1.29, 1.82) is 0 Å². The molecule has 1 aliphatic rings. The lowest BCUT2D eigenvalue weighted by Gasteiger charge is -2.42. The highest BCUT2D eigenvalue weighted by Gasteiger charge is 2.37. The average molecular weight is 229 g/mol. The van der Waals surface area contributed by atoms with Crippen molar-refractivity contribution in [2.45, 2.75) is 59.0 Å². The molecule has 1 amide bonds. The van der Waals surface area contributed by atoms with E-state index in [-0.39, 0.29) is 29.8 Å². The van der Waals surface area contributed by atoms with Gasteiger partial charge in [0.15, 0.2) is 6.23 Å². The van der Waals surface area contributed by atoms with Crippen molar-refractivity contribution in [1.82, 2.24) is 5.32 Å². The van der Waals surface area contributed by atoms with Crippen LogP contribution >= 0.6 is 0 Å². The number of nitrogens with one attached hydrogen (secondary N) is 1. The molecule has 1 saturated heterocycles. The smallest absolute Gasteiger partial charge is 0.218 e. The zero-order valence-electron chi connectivity index (χ0n) is 10.9. The second-order valence-corrected chi connectivity index (χ2v) is 5.20. The highest BCUT2D eigenvalue weighted by atomic mass is 16.6. The summed E-state index contributed by atoms with van der Waals surface area (Å²) in [4.78, 5) is 11.0. The molecule has 0 aromatic carbocycles. The van der Waals surface area contributed by atoms with E-state index in [0.29, 0.717) is 0 Å². The van der Waals surface area contributed by atoms with Crippen LogP contribution in [0.1, 0.15) is 40.5 Å². The predicted octanol–water partition coefficient (Wildman–Crippen LogP) is 1.69. The maximum Gasteiger partial charge on any atom is 0.218 e. The molecular weight excluding hydrogens is 206 g/mol. The number of rotatable bonds is 3. The Balaban J connectivity index is 2.58. The van der Waals surface area contributed by atoms with E-state index in [9.17, 15) is 4.79 Å². The van der Waals surface area contributed by atoms with Gasteiger partial charge in [-0.1, -0.05) is 13.8 Å². The third kappa shape index (κ3) is 3.19. The summed E-state index contributed by atoms with van der Waals surface area (Å²) in [5.41, 5.74) is 0.199. The summed E-state index contributed by atoms with van der Waals surface area (Å²) in [6, 6.07) is 0. The molecule has 1 fully saturated rings. The molecule has 94 valence electrons. The third-order valence-corrected chi connectivity index (χ3v) is 3.49. The number of carbonyl (C=O) groups is 1. The Hall–Kier alpha value is -0.610. The van der Waals surface area contributed by atoms with E-state index in [0.717, 1.165) is 12.8 Å². The van der Waals surface area contributed by atoms with E-state index in [2.05, 4.69) is 26.1 Å². The third-order valence-electron chi connectivity index (χ3n) is 3.49. The number of methoxy groups -OCH3 is 1. The summed E-state index contributed by atoms with van der Waals surface area (Å²) in [6.45, 7) is 7.97. The van der Waals surface area contributed by atoms with Crippen molar-refractivity contribution < 1.29 is 14.3 Å². The molecular formula is C12H23NO3. The van der Waals surface area contributed by atoms with Crippen molar-refractivity contribution in [3.05, 3.63) is 0 Å². The molecule has 0 bridgehead atoms. The SMILES string of the molecule is CO[C@@H](NC(C)=O)[C@@H]1CCC(C)(C)[C@@H](C)O1. The molecule has 0 aromatic heterocycles. The Kier molecular flexibility index (Phi) is 4.33. The van der Waals surface area contributed by atoms with Crippen LogP contribution in [0.4, 0.5) is 0 Å². The van der Waals surface area contributed by atoms with E-state index >= 15 is 0 Å². The Morgan fingerprint density at radius 3 is 2.62 bits per heavy atom. The Morgan fingerprint density at radius 1 is 1.56 bits per heavy atom. The molecule has 4 nitrogen and oxygen atoms in total. The van der Waals surface area contributed by atoms with Gasteiger partial charge in [-0.2, -0.15) is 0 Å². The Bertz CT molecular complexity index is 253. The second-order valence-electron chi connectivity index (χ2n) is 5.20. The van der Waals surface area contributed by atoms with E-state index in [1.807, 2.05) is 0 Å². The van der Waals surface area contributed by atoms with Crippen LogP contribution in [0.15, 0.2) is 0 Å². The molecule has 0 unspecified atom stereocenters. The summed E-state index contributed by atoms with van der Waals surface area (Å²) in [6.07, 6.45) is 1.79.